The number of nitrogens with two attached hydrogens (primary N) is 1. The molecule has 0 aromatic carbocycles. The predicted molar refractivity (Wildman–Crippen MR) is 74.6 cm³/mol. The molecule has 1 aromatic heterocycles. The summed E-state index contributed by atoms with van der Waals surface area (Å²) in [6.07, 6.45) is 5.75. The van der Waals surface area contributed by atoms with Crippen molar-refractivity contribution in [2.75, 3.05) is 6.54 Å². The van der Waals surface area contributed by atoms with Crippen molar-refractivity contribution in [2.24, 2.45) is 5.73 Å². The average molecular weight is 295 g/mol. The van der Waals surface area contributed by atoms with Crippen LogP contribution in [-0.2, 0) is 11.3 Å². The van der Waals surface area contributed by atoms with Crippen LogP contribution in [0.2, 0.25) is 0 Å². The molecule has 1 fully saturated rings. The number of carboxylic acid groups (broad SMARTS) is 1. The van der Waals surface area contributed by atoms with E-state index in [0.717, 1.165) is 19.3 Å². The van der Waals surface area contributed by atoms with Crippen LogP contribution in [0, 0.1) is 0 Å². The maximum absolute atomic E-state index is 12.3. The third kappa shape index (κ3) is 4.01. The summed E-state index contributed by atoms with van der Waals surface area (Å²) in [6.45, 7) is 0.897. The lowest BCUT2D eigenvalue weighted by molar-refractivity contribution is -0.139. The van der Waals surface area contributed by atoms with Crippen LogP contribution in [0.1, 0.15) is 49.0 Å². The molecular formula is C13H21N5O3. The first-order valence-electron chi connectivity index (χ1n) is 7.19. The largest absolute Gasteiger partial charge is 0.481 e. The van der Waals surface area contributed by atoms with Gasteiger partial charge in [0.2, 0.25) is 0 Å². The summed E-state index contributed by atoms with van der Waals surface area (Å²) in [7, 11) is 0. The molecule has 0 bridgehead atoms. The highest BCUT2D eigenvalue weighted by atomic mass is 16.4. The molecule has 0 aliphatic heterocycles. The molecule has 0 radical (unpaired) electrons. The number of amides is 1. The zero-order chi connectivity index (χ0) is 15.3. The SMILES string of the molecule is NCCn1cc(C(=O)NC2(CC(=O)O)CCCCC2)nn1. The molecule has 0 saturated heterocycles. The highest BCUT2D eigenvalue weighted by molar-refractivity contribution is 5.92. The summed E-state index contributed by atoms with van der Waals surface area (Å²) >= 11 is 0. The molecule has 0 unspecified atom stereocenters. The molecule has 0 spiro atoms. The van der Waals surface area contributed by atoms with Crippen molar-refractivity contribution in [1.29, 1.82) is 0 Å². The van der Waals surface area contributed by atoms with Crippen LogP contribution < -0.4 is 11.1 Å². The van der Waals surface area contributed by atoms with Gasteiger partial charge in [-0.25, -0.2) is 0 Å². The van der Waals surface area contributed by atoms with Crippen molar-refractivity contribution in [1.82, 2.24) is 20.3 Å². The van der Waals surface area contributed by atoms with Gasteiger partial charge in [-0.2, -0.15) is 0 Å². The molecule has 0 atom stereocenters. The summed E-state index contributed by atoms with van der Waals surface area (Å²) in [6, 6.07) is 0. The fourth-order valence-electron chi connectivity index (χ4n) is 2.81. The number of nitrogens with zero attached hydrogens (tertiary/aromatic N) is 3. The van der Waals surface area contributed by atoms with Crippen LogP contribution >= 0.6 is 0 Å². The number of aromatic nitrogens is 3. The first-order valence-corrected chi connectivity index (χ1v) is 7.19. The Labute approximate surface area is 122 Å². The predicted octanol–water partition coefficient (Wildman–Crippen LogP) is 0.144. The van der Waals surface area contributed by atoms with Gasteiger partial charge < -0.3 is 16.2 Å². The van der Waals surface area contributed by atoms with Gasteiger partial charge in [0.1, 0.15) is 0 Å². The van der Waals surface area contributed by atoms with E-state index in [1.165, 1.54) is 10.9 Å². The molecule has 1 amide bonds. The zero-order valence-corrected chi connectivity index (χ0v) is 11.9. The number of carbonyl (C=O) groups is 2. The van der Waals surface area contributed by atoms with E-state index >= 15 is 0 Å². The Kier molecular flexibility index (Phi) is 4.89. The molecule has 4 N–H and O–H groups in total. The molecule has 1 aliphatic rings. The van der Waals surface area contributed by atoms with Crippen molar-refractivity contribution in [3.05, 3.63) is 11.9 Å². The molecule has 1 aromatic rings. The van der Waals surface area contributed by atoms with Crippen LogP contribution in [0.25, 0.3) is 0 Å². The van der Waals surface area contributed by atoms with Gasteiger partial charge in [0.25, 0.3) is 5.91 Å². The van der Waals surface area contributed by atoms with Crippen molar-refractivity contribution in [3.63, 3.8) is 0 Å². The Hall–Kier alpha value is -1.96. The van der Waals surface area contributed by atoms with E-state index in [9.17, 15) is 9.59 Å². The standard InChI is InChI=1S/C13H21N5O3/c14-6-7-18-9-10(16-17-18)12(21)15-13(8-11(19)20)4-2-1-3-5-13/h9H,1-8,14H2,(H,15,21)(H,19,20). The monoisotopic (exact) mass is 295 g/mol. The fourth-order valence-corrected chi connectivity index (χ4v) is 2.81. The molecule has 8 heteroatoms. The molecule has 21 heavy (non-hydrogen) atoms. The number of carbonyl (C=O) groups excluding carboxylic acids is 1. The third-order valence-electron chi connectivity index (χ3n) is 3.81. The molecule has 8 nitrogen and oxygen atoms in total. The van der Waals surface area contributed by atoms with Crippen molar-refractivity contribution >= 4 is 11.9 Å². The quantitative estimate of drug-likeness (QED) is 0.686. The van der Waals surface area contributed by atoms with E-state index in [1.807, 2.05) is 0 Å². The molecule has 116 valence electrons. The van der Waals surface area contributed by atoms with Crippen molar-refractivity contribution in [3.8, 4) is 0 Å². The zero-order valence-electron chi connectivity index (χ0n) is 11.9. The Morgan fingerprint density at radius 3 is 2.71 bits per heavy atom. The second-order valence-electron chi connectivity index (χ2n) is 5.52. The van der Waals surface area contributed by atoms with Gasteiger partial charge >= 0.3 is 5.97 Å². The fraction of sp³-hybridized carbons (Fsp3) is 0.692. The Bertz CT molecular complexity index is 508. The number of aliphatic carboxylic acids is 1. The van der Waals surface area contributed by atoms with Gasteiger partial charge in [-0.3, -0.25) is 14.3 Å². The first-order chi connectivity index (χ1) is 10.0. The summed E-state index contributed by atoms with van der Waals surface area (Å²) in [5.41, 5.74) is 4.94. The van der Waals surface area contributed by atoms with Gasteiger partial charge in [-0.05, 0) is 12.8 Å². The van der Waals surface area contributed by atoms with Gasteiger partial charge in [-0.15, -0.1) is 5.10 Å². The minimum absolute atomic E-state index is 0.0598. The number of carboxylic acids is 1. The summed E-state index contributed by atoms with van der Waals surface area (Å²) in [5, 5.41) is 19.6. The van der Waals surface area contributed by atoms with Gasteiger partial charge in [0.05, 0.1) is 24.7 Å². The van der Waals surface area contributed by atoms with E-state index in [1.54, 1.807) is 0 Å². The van der Waals surface area contributed by atoms with E-state index in [-0.39, 0.29) is 18.0 Å². The highest BCUT2D eigenvalue weighted by Gasteiger charge is 2.36. The first kappa shape index (κ1) is 15.4. The van der Waals surface area contributed by atoms with Gasteiger partial charge in [0.15, 0.2) is 5.69 Å². The van der Waals surface area contributed by atoms with Gasteiger partial charge in [-0.1, -0.05) is 24.5 Å². The van der Waals surface area contributed by atoms with Crippen LogP contribution in [0.15, 0.2) is 6.20 Å². The maximum atomic E-state index is 12.3. The second kappa shape index (κ2) is 6.66. The molecule has 1 heterocycles. The van der Waals surface area contributed by atoms with Gasteiger partial charge in [0, 0.05) is 6.54 Å². The number of nitrogens with one attached hydrogen (secondary N) is 1. The summed E-state index contributed by atoms with van der Waals surface area (Å²) in [4.78, 5) is 23.3. The lowest BCUT2D eigenvalue weighted by atomic mass is 9.79. The smallest absolute Gasteiger partial charge is 0.305 e. The maximum Gasteiger partial charge on any atom is 0.305 e. The normalized spacial score (nSPS) is 17.4. The number of hydrogen-bond donors (Lipinski definition) is 3. The van der Waals surface area contributed by atoms with Crippen molar-refractivity contribution in [2.45, 2.75) is 50.6 Å². The van der Waals surface area contributed by atoms with Crippen LogP contribution in [0.4, 0.5) is 0 Å². The third-order valence-corrected chi connectivity index (χ3v) is 3.81. The van der Waals surface area contributed by atoms with E-state index in [2.05, 4.69) is 15.6 Å². The minimum atomic E-state index is -0.899. The number of rotatable bonds is 6. The molecule has 1 aliphatic carbocycles. The molecule has 1 saturated carbocycles. The summed E-state index contributed by atoms with van der Waals surface area (Å²) in [5.74, 6) is -1.27. The Morgan fingerprint density at radius 1 is 1.38 bits per heavy atom. The average Bonchev–Trinajstić information content (AvgIpc) is 2.88. The summed E-state index contributed by atoms with van der Waals surface area (Å²) < 4.78 is 1.50. The van der Waals surface area contributed by atoms with Crippen LogP contribution in [0.5, 0.6) is 0 Å². The number of hydrogen-bond acceptors (Lipinski definition) is 5. The van der Waals surface area contributed by atoms with E-state index in [4.69, 9.17) is 10.8 Å². The highest BCUT2D eigenvalue weighted by Crippen LogP contribution is 2.31. The van der Waals surface area contributed by atoms with Crippen LogP contribution in [-0.4, -0.2) is 44.1 Å². The minimum Gasteiger partial charge on any atom is -0.481 e. The molecular weight excluding hydrogens is 274 g/mol. The van der Waals surface area contributed by atoms with E-state index in [0.29, 0.717) is 25.9 Å². The van der Waals surface area contributed by atoms with Crippen LogP contribution in [0.3, 0.4) is 0 Å². The lowest BCUT2D eigenvalue weighted by Crippen LogP contribution is -2.51. The van der Waals surface area contributed by atoms with Crippen molar-refractivity contribution < 1.29 is 14.7 Å². The second-order valence-corrected chi connectivity index (χ2v) is 5.52. The Balaban J connectivity index is 2.07. The Morgan fingerprint density at radius 2 is 2.10 bits per heavy atom. The lowest BCUT2D eigenvalue weighted by Gasteiger charge is -2.36. The van der Waals surface area contributed by atoms with E-state index < -0.39 is 11.5 Å². The topological polar surface area (TPSA) is 123 Å². The molecule has 2 rings (SSSR count).